The van der Waals surface area contributed by atoms with Crippen LogP contribution in [-0.2, 0) is 9.59 Å². The van der Waals surface area contributed by atoms with Crippen LogP contribution in [0.3, 0.4) is 0 Å². The summed E-state index contributed by atoms with van der Waals surface area (Å²) < 4.78 is 0. The summed E-state index contributed by atoms with van der Waals surface area (Å²) in [5.74, 6) is -0.0963. The van der Waals surface area contributed by atoms with Crippen LogP contribution in [0.25, 0.3) is 0 Å². The maximum atomic E-state index is 12.0. The van der Waals surface area contributed by atoms with Gasteiger partial charge in [0.2, 0.25) is 11.8 Å². The van der Waals surface area contributed by atoms with Crippen LogP contribution < -0.4 is 11.1 Å². The molecule has 0 bridgehead atoms. The Morgan fingerprint density at radius 2 is 2.33 bits per heavy atom. The molecule has 2 saturated heterocycles. The van der Waals surface area contributed by atoms with E-state index in [1.54, 1.807) is 4.90 Å². The van der Waals surface area contributed by atoms with Gasteiger partial charge in [-0.2, -0.15) is 0 Å². The molecule has 0 aliphatic carbocycles. The van der Waals surface area contributed by atoms with Crippen molar-refractivity contribution < 1.29 is 9.59 Å². The lowest BCUT2D eigenvalue weighted by Gasteiger charge is -2.32. The molecule has 2 amide bonds. The van der Waals surface area contributed by atoms with E-state index >= 15 is 0 Å². The number of likely N-dealkylation sites (tertiary alicyclic amines) is 1. The van der Waals surface area contributed by atoms with Crippen LogP contribution in [0.4, 0.5) is 0 Å². The van der Waals surface area contributed by atoms with E-state index in [9.17, 15) is 9.59 Å². The van der Waals surface area contributed by atoms with E-state index in [1.807, 2.05) is 0 Å². The zero-order chi connectivity index (χ0) is 10.8. The minimum Gasteiger partial charge on any atom is -0.355 e. The molecule has 0 aromatic heterocycles. The normalized spacial score (nSPS) is 31.5. The Morgan fingerprint density at radius 1 is 1.53 bits per heavy atom. The van der Waals surface area contributed by atoms with Gasteiger partial charge in [0.15, 0.2) is 0 Å². The molecule has 2 fully saturated rings. The fourth-order valence-corrected chi connectivity index (χ4v) is 2.25. The molecular weight excluding hydrogens is 194 g/mol. The molecule has 2 atom stereocenters. The maximum absolute atomic E-state index is 12.0. The summed E-state index contributed by atoms with van der Waals surface area (Å²) in [6.07, 6.45) is 2.30. The van der Waals surface area contributed by atoms with Gasteiger partial charge in [0.25, 0.3) is 0 Å². The van der Waals surface area contributed by atoms with Crippen LogP contribution >= 0.6 is 0 Å². The third-order valence-electron chi connectivity index (χ3n) is 3.10. The number of hydrogen-bond acceptors (Lipinski definition) is 3. The second kappa shape index (κ2) is 4.18. The molecule has 2 aliphatic heterocycles. The number of nitrogens with two attached hydrogens (primary N) is 1. The summed E-state index contributed by atoms with van der Waals surface area (Å²) >= 11 is 0. The van der Waals surface area contributed by atoms with E-state index < -0.39 is 0 Å². The standard InChI is InChI=1S/C10H17N3O2/c11-8-2-1-3-13(6-8)10(15)7-4-9(14)12-5-7/h7-8H,1-6,11H2,(H,12,14). The Hall–Kier alpha value is -1.10. The summed E-state index contributed by atoms with van der Waals surface area (Å²) in [4.78, 5) is 24.8. The maximum Gasteiger partial charge on any atom is 0.228 e. The van der Waals surface area contributed by atoms with E-state index in [1.165, 1.54) is 0 Å². The molecule has 0 saturated carbocycles. The van der Waals surface area contributed by atoms with Gasteiger partial charge in [0.1, 0.15) is 0 Å². The van der Waals surface area contributed by atoms with Gasteiger partial charge in [-0.3, -0.25) is 9.59 Å². The largest absolute Gasteiger partial charge is 0.355 e. The molecule has 0 aromatic carbocycles. The Labute approximate surface area is 89.0 Å². The number of nitrogens with one attached hydrogen (secondary N) is 1. The van der Waals surface area contributed by atoms with Crippen molar-refractivity contribution in [3.05, 3.63) is 0 Å². The smallest absolute Gasteiger partial charge is 0.228 e. The molecule has 15 heavy (non-hydrogen) atoms. The molecule has 0 aromatic rings. The lowest BCUT2D eigenvalue weighted by atomic mass is 10.0. The first-order valence-electron chi connectivity index (χ1n) is 5.48. The average molecular weight is 211 g/mol. The highest BCUT2D eigenvalue weighted by Crippen LogP contribution is 2.16. The first-order valence-corrected chi connectivity index (χ1v) is 5.48. The third-order valence-corrected chi connectivity index (χ3v) is 3.10. The van der Waals surface area contributed by atoms with E-state index in [-0.39, 0.29) is 23.8 Å². The van der Waals surface area contributed by atoms with Gasteiger partial charge in [0, 0.05) is 32.1 Å². The van der Waals surface area contributed by atoms with Crippen LogP contribution in [0.2, 0.25) is 0 Å². The van der Waals surface area contributed by atoms with Crippen LogP contribution in [0.1, 0.15) is 19.3 Å². The molecular formula is C10H17N3O2. The summed E-state index contributed by atoms with van der Waals surface area (Å²) in [6.45, 7) is 1.92. The summed E-state index contributed by atoms with van der Waals surface area (Å²) in [5, 5.41) is 2.68. The number of piperidine rings is 1. The molecule has 5 heteroatoms. The lowest BCUT2D eigenvalue weighted by Crippen LogP contribution is -2.48. The minimum absolute atomic E-state index is 0.0188. The van der Waals surface area contributed by atoms with Crippen molar-refractivity contribution in [1.82, 2.24) is 10.2 Å². The summed E-state index contributed by atoms with van der Waals surface area (Å²) in [5.41, 5.74) is 5.81. The quantitative estimate of drug-likeness (QED) is 0.588. The molecule has 2 unspecified atom stereocenters. The van der Waals surface area contributed by atoms with Gasteiger partial charge in [-0.05, 0) is 12.8 Å². The summed E-state index contributed by atoms with van der Waals surface area (Å²) in [6, 6.07) is 0.104. The Kier molecular flexibility index (Phi) is 2.90. The predicted octanol–water partition coefficient (Wildman–Crippen LogP) is -0.928. The first kappa shape index (κ1) is 10.4. The second-order valence-electron chi connectivity index (χ2n) is 4.39. The molecule has 0 spiro atoms. The minimum atomic E-state index is -0.164. The predicted molar refractivity (Wildman–Crippen MR) is 54.9 cm³/mol. The number of nitrogens with zero attached hydrogens (tertiary/aromatic N) is 1. The van der Waals surface area contributed by atoms with Crippen LogP contribution in [-0.4, -0.2) is 42.4 Å². The Morgan fingerprint density at radius 3 is 2.93 bits per heavy atom. The zero-order valence-electron chi connectivity index (χ0n) is 8.74. The summed E-state index contributed by atoms with van der Waals surface area (Å²) in [7, 11) is 0. The topological polar surface area (TPSA) is 75.4 Å². The Bertz CT molecular complexity index is 280. The van der Waals surface area contributed by atoms with Crippen molar-refractivity contribution >= 4 is 11.8 Å². The molecule has 0 radical (unpaired) electrons. The third kappa shape index (κ3) is 2.28. The fraction of sp³-hybridized carbons (Fsp3) is 0.800. The van der Waals surface area contributed by atoms with Crippen LogP contribution in [0.5, 0.6) is 0 Å². The van der Waals surface area contributed by atoms with Gasteiger partial charge in [0.05, 0.1) is 5.92 Å². The van der Waals surface area contributed by atoms with Gasteiger partial charge in [-0.15, -0.1) is 0 Å². The molecule has 84 valence electrons. The van der Waals surface area contributed by atoms with Gasteiger partial charge in [-0.25, -0.2) is 0 Å². The lowest BCUT2D eigenvalue weighted by molar-refractivity contribution is -0.136. The Balaban J connectivity index is 1.92. The van der Waals surface area contributed by atoms with Crippen molar-refractivity contribution in [3.63, 3.8) is 0 Å². The average Bonchev–Trinajstić information content (AvgIpc) is 2.64. The fourth-order valence-electron chi connectivity index (χ4n) is 2.25. The van der Waals surface area contributed by atoms with E-state index in [2.05, 4.69) is 5.32 Å². The van der Waals surface area contributed by atoms with E-state index in [0.717, 1.165) is 19.4 Å². The number of amides is 2. The molecule has 5 nitrogen and oxygen atoms in total. The monoisotopic (exact) mass is 211 g/mol. The second-order valence-corrected chi connectivity index (χ2v) is 4.39. The van der Waals surface area contributed by atoms with E-state index in [0.29, 0.717) is 19.5 Å². The van der Waals surface area contributed by atoms with Crippen molar-refractivity contribution in [2.75, 3.05) is 19.6 Å². The van der Waals surface area contributed by atoms with Crippen LogP contribution in [0, 0.1) is 5.92 Å². The first-order chi connectivity index (χ1) is 7.16. The zero-order valence-corrected chi connectivity index (χ0v) is 8.74. The SMILES string of the molecule is NC1CCCN(C(=O)C2CNC(=O)C2)C1. The molecule has 2 heterocycles. The molecule has 2 rings (SSSR count). The van der Waals surface area contributed by atoms with Crippen molar-refractivity contribution in [2.24, 2.45) is 11.7 Å². The number of rotatable bonds is 1. The highest BCUT2D eigenvalue weighted by Gasteiger charge is 2.32. The van der Waals surface area contributed by atoms with Crippen molar-refractivity contribution in [3.8, 4) is 0 Å². The molecule has 3 N–H and O–H groups in total. The van der Waals surface area contributed by atoms with Crippen molar-refractivity contribution in [2.45, 2.75) is 25.3 Å². The highest BCUT2D eigenvalue weighted by atomic mass is 16.2. The number of hydrogen-bond donors (Lipinski definition) is 2. The van der Waals surface area contributed by atoms with Crippen LogP contribution in [0.15, 0.2) is 0 Å². The highest BCUT2D eigenvalue weighted by molar-refractivity contribution is 5.89. The number of carbonyl (C=O) groups excluding carboxylic acids is 2. The van der Waals surface area contributed by atoms with Gasteiger partial charge >= 0.3 is 0 Å². The van der Waals surface area contributed by atoms with E-state index in [4.69, 9.17) is 5.73 Å². The number of carbonyl (C=O) groups is 2. The van der Waals surface area contributed by atoms with Gasteiger partial charge in [-0.1, -0.05) is 0 Å². The molecule has 2 aliphatic rings. The van der Waals surface area contributed by atoms with Crippen molar-refractivity contribution in [1.29, 1.82) is 0 Å². The van der Waals surface area contributed by atoms with Gasteiger partial charge < -0.3 is 16.0 Å².